The molecule has 0 radical (unpaired) electrons. The molecular weight excluding hydrogens is 272 g/mol. The number of benzene rings is 2. The Kier molecular flexibility index (Phi) is 4.42. The Bertz CT molecular complexity index is 639. The van der Waals surface area contributed by atoms with Crippen LogP contribution in [-0.2, 0) is 0 Å². The molecule has 1 fully saturated rings. The number of para-hydroxylation sites is 1. The van der Waals surface area contributed by atoms with Crippen molar-refractivity contribution in [2.45, 2.75) is 13.3 Å². The highest BCUT2D eigenvalue weighted by Gasteiger charge is 2.23. The van der Waals surface area contributed by atoms with Gasteiger partial charge in [-0.2, -0.15) is 0 Å². The molecule has 2 aromatic carbocycles. The van der Waals surface area contributed by atoms with Gasteiger partial charge in [0.2, 0.25) is 0 Å². The number of hydrogen-bond acceptors (Lipinski definition) is 2. The van der Waals surface area contributed by atoms with Crippen LogP contribution < -0.4 is 10.2 Å². The number of nitrogens with zero attached hydrogens (tertiary/aromatic N) is 1. The molecule has 1 amide bonds. The molecule has 0 saturated carbocycles. The zero-order valence-corrected chi connectivity index (χ0v) is 13.0. The molecule has 0 aromatic heterocycles. The van der Waals surface area contributed by atoms with Crippen LogP contribution in [0.15, 0.2) is 54.6 Å². The number of amides is 1. The normalized spacial score (nSPS) is 17.5. The summed E-state index contributed by atoms with van der Waals surface area (Å²) in [6.45, 7) is 4.83. The largest absolute Gasteiger partial charge is 0.371 e. The second kappa shape index (κ2) is 6.65. The molecule has 2 aromatic rings. The second-order valence-corrected chi connectivity index (χ2v) is 6.02. The van der Waals surface area contributed by atoms with E-state index in [-0.39, 0.29) is 5.91 Å². The quantitative estimate of drug-likeness (QED) is 0.939. The molecule has 0 aliphatic carbocycles. The van der Waals surface area contributed by atoms with Crippen molar-refractivity contribution >= 4 is 11.6 Å². The minimum Gasteiger partial charge on any atom is -0.371 e. The molecule has 22 heavy (non-hydrogen) atoms. The van der Waals surface area contributed by atoms with Gasteiger partial charge in [-0.1, -0.05) is 35.9 Å². The molecule has 1 heterocycles. The van der Waals surface area contributed by atoms with Crippen LogP contribution >= 0.6 is 0 Å². The summed E-state index contributed by atoms with van der Waals surface area (Å²) in [7, 11) is 0. The minimum atomic E-state index is 0.0295. The summed E-state index contributed by atoms with van der Waals surface area (Å²) < 4.78 is 0. The highest BCUT2D eigenvalue weighted by Crippen LogP contribution is 2.23. The van der Waals surface area contributed by atoms with Crippen LogP contribution in [0.1, 0.15) is 22.3 Å². The van der Waals surface area contributed by atoms with Gasteiger partial charge in [-0.25, -0.2) is 0 Å². The van der Waals surface area contributed by atoms with E-state index in [4.69, 9.17) is 0 Å². The molecule has 0 spiro atoms. The van der Waals surface area contributed by atoms with Crippen LogP contribution in [0.25, 0.3) is 0 Å². The third-order valence-corrected chi connectivity index (χ3v) is 4.24. The van der Waals surface area contributed by atoms with Gasteiger partial charge in [0.15, 0.2) is 0 Å². The first-order valence-corrected chi connectivity index (χ1v) is 7.87. The summed E-state index contributed by atoms with van der Waals surface area (Å²) >= 11 is 0. The Morgan fingerprint density at radius 3 is 2.77 bits per heavy atom. The maximum Gasteiger partial charge on any atom is 0.251 e. The smallest absolute Gasteiger partial charge is 0.251 e. The van der Waals surface area contributed by atoms with E-state index in [1.807, 2.05) is 37.3 Å². The summed E-state index contributed by atoms with van der Waals surface area (Å²) in [6.07, 6.45) is 1.13. The average Bonchev–Trinajstić information content (AvgIpc) is 3.02. The van der Waals surface area contributed by atoms with E-state index in [1.165, 1.54) is 5.69 Å². The number of carbonyl (C=O) groups excluding carboxylic acids is 1. The van der Waals surface area contributed by atoms with Gasteiger partial charge in [0.05, 0.1) is 0 Å². The number of rotatable bonds is 4. The molecule has 1 aliphatic heterocycles. The highest BCUT2D eigenvalue weighted by atomic mass is 16.1. The molecule has 1 atom stereocenters. The monoisotopic (exact) mass is 294 g/mol. The molecule has 3 heteroatoms. The lowest BCUT2D eigenvalue weighted by Crippen LogP contribution is -2.31. The van der Waals surface area contributed by atoms with Crippen LogP contribution in [0.3, 0.4) is 0 Å². The highest BCUT2D eigenvalue weighted by molar-refractivity contribution is 5.94. The summed E-state index contributed by atoms with van der Waals surface area (Å²) in [5, 5.41) is 3.07. The van der Waals surface area contributed by atoms with Crippen LogP contribution in [-0.4, -0.2) is 25.5 Å². The number of nitrogens with one attached hydrogen (secondary N) is 1. The first kappa shape index (κ1) is 14.6. The summed E-state index contributed by atoms with van der Waals surface area (Å²) in [6, 6.07) is 18.2. The van der Waals surface area contributed by atoms with Gasteiger partial charge in [-0.3, -0.25) is 4.79 Å². The van der Waals surface area contributed by atoms with E-state index >= 15 is 0 Å². The number of hydrogen-bond donors (Lipinski definition) is 1. The van der Waals surface area contributed by atoms with Crippen molar-refractivity contribution in [3.63, 3.8) is 0 Å². The minimum absolute atomic E-state index is 0.0295. The van der Waals surface area contributed by atoms with Gasteiger partial charge < -0.3 is 10.2 Å². The zero-order valence-electron chi connectivity index (χ0n) is 13.0. The van der Waals surface area contributed by atoms with Crippen molar-refractivity contribution < 1.29 is 4.79 Å². The molecule has 3 nitrogen and oxygen atoms in total. The Morgan fingerprint density at radius 2 is 2.00 bits per heavy atom. The molecule has 1 unspecified atom stereocenters. The van der Waals surface area contributed by atoms with Crippen molar-refractivity contribution in [3.8, 4) is 0 Å². The fourth-order valence-corrected chi connectivity index (χ4v) is 3.00. The third kappa shape index (κ3) is 3.48. The zero-order chi connectivity index (χ0) is 15.4. The average molecular weight is 294 g/mol. The van der Waals surface area contributed by atoms with Gasteiger partial charge in [-0.15, -0.1) is 0 Å². The Balaban J connectivity index is 1.52. The van der Waals surface area contributed by atoms with E-state index in [0.29, 0.717) is 5.92 Å². The Labute approximate surface area is 132 Å². The Hall–Kier alpha value is -2.29. The van der Waals surface area contributed by atoms with Crippen molar-refractivity contribution in [1.82, 2.24) is 5.32 Å². The molecule has 1 N–H and O–H groups in total. The van der Waals surface area contributed by atoms with Crippen LogP contribution in [0, 0.1) is 12.8 Å². The van der Waals surface area contributed by atoms with Gasteiger partial charge in [0, 0.05) is 30.9 Å². The van der Waals surface area contributed by atoms with Gasteiger partial charge in [-0.05, 0) is 43.5 Å². The molecule has 0 bridgehead atoms. The predicted octanol–water partition coefficient (Wildman–Crippen LogP) is 3.25. The lowest BCUT2D eigenvalue weighted by atomic mass is 10.1. The fourth-order valence-electron chi connectivity index (χ4n) is 3.00. The third-order valence-electron chi connectivity index (χ3n) is 4.24. The van der Waals surface area contributed by atoms with Crippen LogP contribution in [0.5, 0.6) is 0 Å². The standard InChI is InChI=1S/C19H22N2O/c1-15-6-5-7-17(12-15)19(22)20-13-16-10-11-21(14-16)18-8-3-2-4-9-18/h2-9,12,16H,10-11,13-14H2,1H3,(H,20,22). The lowest BCUT2D eigenvalue weighted by Gasteiger charge is -2.18. The maximum absolute atomic E-state index is 12.2. The second-order valence-electron chi connectivity index (χ2n) is 6.02. The number of carbonyl (C=O) groups is 1. The molecule has 1 saturated heterocycles. The Morgan fingerprint density at radius 1 is 1.18 bits per heavy atom. The summed E-state index contributed by atoms with van der Waals surface area (Å²) in [5.41, 5.74) is 3.14. The summed E-state index contributed by atoms with van der Waals surface area (Å²) in [5.74, 6) is 0.552. The van der Waals surface area contributed by atoms with E-state index in [0.717, 1.165) is 37.2 Å². The fraction of sp³-hybridized carbons (Fsp3) is 0.316. The van der Waals surface area contributed by atoms with Gasteiger partial charge in [0.1, 0.15) is 0 Å². The van der Waals surface area contributed by atoms with Crippen molar-refractivity contribution in [2.24, 2.45) is 5.92 Å². The molecule has 114 valence electrons. The van der Waals surface area contributed by atoms with Gasteiger partial charge in [0.25, 0.3) is 5.91 Å². The molecule has 1 aliphatic rings. The van der Waals surface area contributed by atoms with Crippen molar-refractivity contribution in [2.75, 3.05) is 24.5 Å². The SMILES string of the molecule is Cc1cccc(C(=O)NCC2CCN(c3ccccc3)C2)c1. The van der Waals surface area contributed by atoms with Crippen LogP contribution in [0.4, 0.5) is 5.69 Å². The predicted molar refractivity (Wildman–Crippen MR) is 90.3 cm³/mol. The van der Waals surface area contributed by atoms with Crippen molar-refractivity contribution in [3.05, 3.63) is 65.7 Å². The molecule has 3 rings (SSSR count). The number of anilines is 1. The van der Waals surface area contributed by atoms with Crippen molar-refractivity contribution in [1.29, 1.82) is 0 Å². The van der Waals surface area contributed by atoms with E-state index < -0.39 is 0 Å². The van der Waals surface area contributed by atoms with E-state index in [2.05, 4.69) is 34.5 Å². The van der Waals surface area contributed by atoms with E-state index in [1.54, 1.807) is 0 Å². The maximum atomic E-state index is 12.2. The van der Waals surface area contributed by atoms with E-state index in [9.17, 15) is 4.79 Å². The summed E-state index contributed by atoms with van der Waals surface area (Å²) in [4.78, 5) is 14.6. The topological polar surface area (TPSA) is 32.3 Å². The first-order valence-electron chi connectivity index (χ1n) is 7.87. The number of aryl methyl sites for hydroxylation is 1. The van der Waals surface area contributed by atoms with Crippen LogP contribution in [0.2, 0.25) is 0 Å². The first-order chi connectivity index (χ1) is 10.7. The molecular formula is C19H22N2O. The lowest BCUT2D eigenvalue weighted by molar-refractivity contribution is 0.0948. The van der Waals surface area contributed by atoms with Gasteiger partial charge >= 0.3 is 0 Å².